The molecule has 0 bridgehead atoms. The molecule has 2 saturated heterocycles. The van der Waals surface area contributed by atoms with Crippen molar-refractivity contribution in [1.29, 1.82) is 0 Å². The van der Waals surface area contributed by atoms with Crippen LogP contribution in [0.3, 0.4) is 0 Å². The number of piperazine rings is 1. The second-order valence-electron chi connectivity index (χ2n) is 6.05. The number of piperidine rings is 1. The van der Waals surface area contributed by atoms with E-state index in [0.29, 0.717) is 19.0 Å². The van der Waals surface area contributed by atoms with Gasteiger partial charge in [-0.25, -0.2) is 0 Å². The standard InChI is InChI=1S/C15H27N3O3/c19-14(5-4-13-3-1-2-7-16-13)18-11-9-17(10-12-18)8-6-15(20)21/h13,16H,1-12H2,(H,20,21). The van der Waals surface area contributed by atoms with Crippen molar-refractivity contribution >= 4 is 11.9 Å². The summed E-state index contributed by atoms with van der Waals surface area (Å²) in [5.41, 5.74) is 0. The number of nitrogens with zero attached hydrogens (tertiary/aromatic N) is 2. The Hall–Kier alpha value is -1.14. The van der Waals surface area contributed by atoms with Crippen molar-refractivity contribution in [2.24, 2.45) is 0 Å². The molecular weight excluding hydrogens is 270 g/mol. The summed E-state index contributed by atoms with van der Waals surface area (Å²) in [4.78, 5) is 26.8. The fourth-order valence-electron chi connectivity index (χ4n) is 3.10. The van der Waals surface area contributed by atoms with E-state index in [1.165, 1.54) is 19.3 Å². The van der Waals surface area contributed by atoms with E-state index in [1.807, 2.05) is 4.90 Å². The van der Waals surface area contributed by atoms with Gasteiger partial charge in [0.1, 0.15) is 0 Å². The van der Waals surface area contributed by atoms with E-state index in [1.54, 1.807) is 0 Å². The van der Waals surface area contributed by atoms with Gasteiger partial charge in [0.05, 0.1) is 6.42 Å². The van der Waals surface area contributed by atoms with E-state index >= 15 is 0 Å². The second kappa shape index (κ2) is 8.34. The van der Waals surface area contributed by atoms with Crippen molar-refractivity contribution in [2.75, 3.05) is 39.3 Å². The Balaban J connectivity index is 1.62. The minimum Gasteiger partial charge on any atom is -0.481 e. The zero-order chi connectivity index (χ0) is 15.1. The maximum Gasteiger partial charge on any atom is 0.304 e. The normalized spacial score (nSPS) is 24.0. The summed E-state index contributed by atoms with van der Waals surface area (Å²) in [7, 11) is 0. The highest BCUT2D eigenvalue weighted by atomic mass is 16.4. The van der Waals surface area contributed by atoms with Gasteiger partial charge in [0.15, 0.2) is 0 Å². The van der Waals surface area contributed by atoms with Crippen LogP contribution in [0.15, 0.2) is 0 Å². The average molecular weight is 297 g/mol. The number of carboxylic acid groups (broad SMARTS) is 1. The number of rotatable bonds is 6. The molecule has 1 unspecified atom stereocenters. The van der Waals surface area contributed by atoms with Gasteiger partial charge in [-0.3, -0.25) is 14.5 Å². The number of amides is 1. The molecule has 0 aromatic heterocycles. The predicted molar refractivity (Wildman–Crippen MR) is 80.1 cm³/mol. The number of carboxylic acids is 1. The summed E-state index contributed by atoms with van der Waals surface area (Å²) in [5, 5.41) is 12.2. The largest absolute Gasteiger partial charge is 0.481 e. The lowest BCUT2D eigenvalue weighted by Gasteiger charge is -2.35. The summed E-state index contributed by atoms with van der Waals surface area (Å²) in [6.07, 6.45) is 5.47. The Bertz CT molecular complexity index is 348. The van der Waals surface area contributed by atoms with Gasteiger partial charge < -0.3 is 15.3 Å². The molecule has 21 heavy (non-hydrogen) atoms. The molecule has 1 amide bonds. The molecule has 6 heteroatoms. The molecule has 0 saturated carbocycles. The molecule has 2 N–H and O–H groups in total. The molecule has 6 nitrogen and oxygen atoms in total. The van der Waals surface area contributed by atoms with Crippen LogP contribution in [-0.4, -0.2) is 72.1 Å². The van der Waals surface area contributed by atoms with Crippen molar-refractivity contribution < 1.29 is 14.7 Å². The van der Waals surface area contributed by atoms with Crippen LogP contribution in [0, 0.1) is 0 Å². The average Bonchev–Trinajstić information content (AvgIpc) is 2.52. The molecule has 0 aromatic carbocycles. The minimum atomic E-state index is -0.756. The minimum absolute atomic E-state index is 0.182. The lowest BCUT2D eigenvalue weighted by atomic mass is 10.0. The molecule has 0 aliphatic carbocycles. The first-order chi connectivity index (χ1) is 10.1. The van der Waals surface area contributed by atoms with Crippen LogP contribution in [0.2, 0.25) is 0 Å². The monoisotopic (exact) mass is 297 g/mol. The van der Waals surface area contributed by atoms with Gasteiger partial charge in [0, 0.05) is 45.2 Å². The highest BCUT2D eigenvalue weighted by Crippen LogP contribution is 2.13. The van der Waals surface area contributed by atoms with Crippen LogP contribution < -0.4 is 5.32 Å². The van der Waals surface area contributed by atoms with E-state index < -0.39 is 5.97 Å². The number of nitrogens with one attached hydrogen (secondary N) is 1. The molecule has 2 heterocycles. The van der Waals surface area contributed by atoms with Crippen LogP contribution in [0.4, 0.5) is 0 Å². The van der Waals surface area contributed by atoms with Crippen molar-refractivity contribution in [3.8, 4) is 0 Å². The van der Waals surface area contributed by atoms with Gasteiger partial charge in [-0.05, 0) is 25.8 Å². The SMILES string of the molecule is O=C(O)CCN1CCN(C(=O)CCC2CCCCN2)CC1. The van der Waals surface area contributed by atoms with Crippen molar-refractivity contribution in [2.45, 2.75) is 44.6 Å². The molecule has 1 atom stereocenters. The lowest BCUT2D eigenvalue weighted by Crippen LogP contribution is -2.49. The van der Waals surface area contributed by atoms with Crippen molar-refractivity contribution in [1.82, 2.24) is 15.1 Å². The third-order valence-electron chi connectivity index (χ3n) is 4.49. The fourth-order valence-corrected chi connectivity index (χ4v) is 3.10. The van der Waals surface area contributed by atoms with Crippen LogP contribution in [0.1, 0.15) is 38.5 Å². The summed E-state index contributed by atoms with van der Waals surface area (Å²) in [6, 6.07) is 0.513. The van der Waals surface area contributed by atoms with Crippen LogP contribution in [-0.2, 0) is 9.59 Å². The Morgan fingerprint density at radius 3 is 2.48 bits per heavy atom. The third kappa shape index (κ3) is 5.63. The fraction of sp³-hybridized carbons (Fsp3) is 0.867. The van der Waals surface area contributed by atoms with Gasteiger partial charge in [-0.2, -0.15) is 0 Å². The maximum absolute atomic E-state index is 12.2. The summed E-state index contributed by atoms with van der Waals surface area (Å²) >= 11 is 0. The first-order valence-corrected chi connectivity index (χ1v) is 8.10. The Labute approximate surface area is 126 Å². The highest BCUT2D eigenvalue weighted by Gasteiger charge is 2.22. The Morgan fingerprint density at radius 2 is 1.86 bits per heavy atom. The Morgan fingerprint density at radius 1 is 1.10 bits per heavy atom. The van der Waals surface area contributed by atoms with E-state index in [2.05, 4.69) is 10.2 Å². The van der Waals surface area contributed by atoms with Gasteiger partial charge in [0.2, 0.25) is 5.91 Å². The van der Waals surface area contributed by atoms with Gasteiger partial charge in [-0.1, -0.05) is 6.42 Å². The quantitative estimate of drug-likeness (QED) is 0.748. The molecule has 2 aliphatic heterocycles. The zero-order valence-corrected chi connectivity index (χ0v) is 12.7. The van der Waals surface area contributed by atoms with Crippen LogP contribution in [0.5, 0.6) is 0 Å². The van der Waals surface area contributed by atoms with Gasteiger partial charge in [-0.15, -0.1) is 0 Å². The number of hydrogen-bond acceptors (Lipinski definition) is 4. The molecule has 0 spiro atoms. The van der Waals surface area contributed by atoms with E-state index in [4.69, 9.17) is 5.11 Å². The Kier molecular flexibility index (Phi) is 6.45. The van der Waals surface area contributed by atoms with Crippen molar-refractivity contribution in [3.63, 3.8) is 0 Å². The lowest BCUT2D eigenvalue weighted by molar-refractivity contribution is -0.138. The molecule has 0 radical (unpaired) electrons. The zero-order valence-electron chi connectivity index (χ0n) is 12.7. The maximum atomic E-state index is 12.2. The smallest absolute Gasteiger partial charge is 0.304 e. The summed E-state index contributed by atoms with van der Waals surface area (Å²) in [5.74, 6) is -0.506. The number of carbonyl (C=O) groups excluding carboxylic acids is 1. The van der Waals surface area contributed by atoms with Crippen LogP contribution >= 0.6 is 0 Å². The van der Waals surface area contributed by atoms with E-state index in [-0.39, 0.29) is 12.3 Å². The molecule has 2 fully saturated rings. The third-order valence-corrected chi connectivity index (χ3v) is 4.49. The van der Waals surface area contributed by atoms with Gasteiger partial charge in [0.25, 0.3) is 0 Å². The first kappa shape index (κ1) is 16.2. The number of carbonyl (C=O) groups is 2. The van der Waals surface area contributed by atoms with E-state index in [0.717, 1.165) is 39.1 Å². The summed E-state index contributed by atoms with van der Waals surface area (Å²) < 4.78 is 0. The first-order valence-electron chi connectivity index (χ1n) is 8.10. The second-order valence-corrected chi connectivity index (χ2v) is 6.05. The topological polar surface area (TPSA) is 72.9 Å². The molecule has 2 aliphatic rings. The highest BCUT2D eigenvalue weighted by molar-refractivity contribution is 5.76. The van der Waals surface area contributed by atoms with E-state index in [9.17, 15) is 9.59 Å². The number of aliphatic carboxylic acids is 1. The molecular formula is C15H27N3O3. The number of hydrogen-bond donors (Lipinski definition) is 2. The molecule has 0 aromatic rings. The predicted octanol–water partition coefficient (Wildman–Crippen LogP) is 0.528. The molecule has 2 rings (SSSR count). The van der Waals surface area contributed by atoms with Gasteiger partial charge >= 0.3 is 5.97 Å². The van der Waals surface area contributed by atoms with Crippen LogP contribution in [0.25, 0.3) is 0 Å². The summed E-state index contributed by atoms with van der Waals surface area (Å²) in [6.45, 7) is 4.72. The van der Waals surface area contributed by atoms with Crippen molar-refractivity contribution in [3.05, 3.63) is 0 Å². The molecule has 120 valence electrons.